The van der Waals surface area contributed by atoms with Crippen LogP contribution < -0.4 is 4.74 Å². The van der Waals surface area contributed by atoms with Gasteiger partial charge >= 0.3 is 0 Å². The van der Waals surface area contributed by atoms with E-state index in [0.717, 1.165) is 11.3 Å². The van der Waals surface area contributed by atoms with Crippen molar-refractivity contribution in [1.82, 2.24) is 9.80 Å². The minimum Gasteiger partial charge on any atom is -0.494 e. The fourth-order valence-corrected chi connectivity index (χ4v) is 3.21. The molecule has 0 unspecified atom stereocenters. The van der Waals surface area contributed by atoms with Gasteiger partial charge in [0.25, 0.3) is 5.91 Å². The van der Waals surface area contributed by atoms with Crippen LogP contribution in [0.25, 0.3) is 0 Å². The fraction of sp³-hybridized carbons (Fsp3) is 0.364. The second-order valence-corrected chi connectivity index (χ2v) is 6.95. The van der Waals surface area contributed by atoms with Crippen molar-refractivity contribution in [2.45, 2.75) is 19.8 Å². The Kier molecular flexibility index (Phi) is 6.63. The van der Waals surface area contributed by atoms with Gasteiger partial charge in [0.05, 0.1) is 6.61 Å². The largest absolute Gasteiger partial charge is 0.494 e. The normalized spacial score (nSPS) is 14.1. The maximum Gasteiger partial charge on any atom is 0.253 e. The first-order chi connectivity index (χ1) is 13.5. The summed E-state index contributed by atoms with van der Waals surface area (Å²) in [5, 5.41) is 0. The van der Waals surface area contributed by atoms with E-state index in [-0.39, 0.29) is 17.6 Å². The molecule has 2 aromatic rings. The van der Waals surface area contributed by atoms with Gasteiger partial charge in [0, 0.05) is 38.2 Å². The van der Waals surface area contributed by atoms with E-state index in [1.165, 1.54) is 24.3 Å². The van der Waals surface area contributed by atoms with Crippen LogP contribution in [0.4, 0.5) is 4.39 Å². The molecule has 1 aliphatic rings. The average molecular weight is 384 g/mol. The molecule has 0 atom stereocenters. The van der Waals surface area contributed by atoms with E-state index in [2.05, 4.69) is 0 Å². The summed E-state index contributed by atoms with van der Waals surface area (Å²) in [5.74, 6) is 0.416. The van der Waals surface area contributed by atoms with Crippen molar-refractivity contribution in [3.8, 4) is 5.75 Å². The molecule has 0 spiro atoms. The molecule has 0 saturated carbocycles. The van der Waals surface area contributed by atoms with Crippen LogP contribution >= 0.6 is 0 Å². The highest BCUT2D eigenvalue weighted by Crippen LogP contribution is 2.14. The van der Waals surface area contributed by atoms with Crippen molar-refractivity contribution in [2.75, 3.05) is 32.8 Å². The number of halogens is 1. The van der Waals surface area contributed by atoms with E-state index in [0.29, 0.717) is 51.2 Å². The summed E-state index contributed by atoms with van der Waals surface area (Å²) in [4.78, 5) is 28.3. The van der Waals surface area contributed by atoms with Gasteiger partial charge in [0.1, 0.15) is 11.6 Å². The van der Waals surface area contributed by atoms with Crippen molar-refractivity contribution in [3.05, 3.63) is 65.5 Å². The molecule has 0 radical (unpaired) electrons. The number of aryl methyl sites for hydroxylation is 1. The van der Waals surface area contributed by atoms with Gasteiger partial charge in [-0.2, -0.15) is 0 Å². The number of rotatable bonds is 6. The number of piperazine rings is 1. The molecule has 5 nitrogen and oxygen atoms in total. The third-order valence-electron chi connectivity index (χ3n) is 4.80. The van der Waals surface area contributed by atoms with Gasteiger partial charge in [-0.1, -0.05) is 12.1 Å². The molecule has 1 heterocycles. The van der Waals surface area contributed by atoms with Crippen LogP contribution in [-0.2, 0) is 4.79 Å². The maximum absolute atomic E-state index is 13.0. The quantitative estimate of drug-likeness (QED) is 0.718. The Morgan fingerprint density at radius 2 is 1.68 bits per heavy atom. The minimum atomic E-state index is -0.363. The van der Waals surface area contributed by atoms with E-state index in [1.807, 2.05) is 31.2 Å². The summed E-state index contributed by atoms with van der Waals surface area (Å²) in [6.07, 6.45) is 1.08. The van der Waals surface area contributed by atoms with Crippen LogP contribution in [0, 0.1) is 12.7 Å². The molecule has 0 bridgehead atoms. The van der Waals surface area contributed by atoms with Gasteiger partial charge in [-0.05, 0) is 55.3 Å². The topological polar surface area (TPSA) is 49.9 Å². The Labute approximate surface area is 164 Å². The third kappa shape index (κ3) is 5.31. The summed E-state index contributed by atoms with van der Waals surface area (Å²) in [6, 6.07) is 13.4. The Balaban J connectivity index is 1.38. The number of ether oxygens (including phenoxy) is 1. The minimum absolute atomic E-state index is 0.0849. The zero-order chi connectivity index (χ0) is 19.9. The molecule has 148 valence electrons. The van der Waals surface area contributed by atoms with E-state index >= 15 is 0 Å². The van der Waals surface area contributed by atoms with E-state index < -0.39 is 0 Å². The van der Waals surface area contributed by atoms with Crippen LogP contribution in [-0.4, -0.2) is 54.4 Å². The molecule has 2 amide bonds. The van der Waals surface area contributed by atoms with Crippen molar-refractivity contribution < 1.29 is 18.7 Å². The Hall–Kier alpha value is -2.89. The van der Waals surface area contributed by atoms with E-state index in [1.54, 1.807) is 9.80 Å². The molecule has 1 saturated heterocycles. The lowest BCUT2D eigenvalue weighted by molar-refractivity contribution is -0.132. The molecule has 3 rings (SSSR count). The van der Waals surface area contributed by atoms with Crippen molar-refractivity contribution >= 4 is 11.8 Å². The van der Waals surface area contributed by atoms with Gasteiger partial charge in [-0.25, -0.2) is 4.39 Å². The Morgan fingerprint density at radius 1 is 1.00 bits per heavy atom. The smallest absolute Gasteiger partial charge is 0.253 e. The zero-order valence-corrected chi connectivity index (χ0v) is 16.1. The van der Waals surface area contributed by atoms with Gasteiger partial charge < -0.3 is 14.5 Å². The molecule has 2 aromatic carbocycles. The molecule has 28 heavy (non-hydrogen) atoms. The Morgan fingerprint density at radius 3 is 2.36 bits per heavy atom. The van der Waals surface area contributed by atoms with Crippen LogP contribution in [0.5, 0.6) is 5.75 Å². The molecule has 6 heteroatoms. The van der Waals surface area contributed by atoms with Gasteiger partial charge in [-0.3, -0.25) is 9.59 Å². The summed E-state index contributed by atoms with van der Waals surface area (Å²) < 4.78 is 18.7. The van der Waals surface area contributed by atoms with E-state index in [9.17, 15) is 14.0 Å². The number of nitrogens with zero attached hydrogens (tertiary/aromatic N) is 2. The number of carbonyl (C=O) groups excluding carboxylic acids is 2. The second kappa shape index (κ2) is 9.35. The first-order valence-corrected chi connectivity index (χ1v) is 9.55. The lowest BCUT2D eigenvalue weighted by Gasteiger charge is -2.35. The summed E-state index contributed by atoms with van der Waals surface area (Å²) in [6.45, 7) is 4.52. The molecule has 1 fully saturated rings. The molecule has 0 aromatic heterocycles. The summed E-state index contributed by atoms with van der Waals surface area (Å²) in [7, 11) is 0. The summed E-state index contributed by atoms with van der Waals surface area (Å²) in [5.41, 5.74) is 1.61. The number of carbonyl (C=O) groups is 2. The maximum atomic E-state index is 13.0. The third-order valence-corrected chi connectivity index (χ3v) is 4.80. The molecular formula is C22H25FN2O3. The second-order valence-electron chi connectivity index (χ2n) is 6.95. The van der Waals surface area contributed by atoms with Crippen LogP contribution in [0.3, 0.4) is 0 Å². The highest BCUT2D eigenvalue weighted by molar-refractivity contribution is 5.94. The van der Waals surface area contributed by atoms with Gasteiger partial charge in [0.15, 0.2) is 0 Å². The number of amides is 2. The zero-order valence-electron chi connectivity index (χ0n) is 16.1. The highest BCUT2D eigenvalue weighted by atomic mass is 19.1. The monoisotopic (exact) mass is 384 g/mol. The highest BCUT2D eigenvalue weighted by Gasteiger charge is 2.24. The lowest BCUT2D eigenvalue weighted by Crippen LogP contribution is -2.50. The number of benzene rings is 2. The van der Waals surface area contributed by atoms with Crippen molar-refractivity contribution in [2.24, 2.45) is 0 Å². The lowest BCUT2D eigenvalue weighted by atomic mass is 10.1. The number of hydrogen-bond donors (Lipinski definition) is 0. The summed E-state index contributed by atoms with van der Waals surface area (Å²) >= 11 is 0. The average Bonchev–Trinajstić information content (AvgIpc) is 2.71. The molecular weight excluding hydrogens is 359 g/mol. The van der Waals surface area contributed by atoms with Gasteiger partial charge in [-0.15, -0.1) is 0 Å². The SMILES string of the molecule is Cc1cccc(OCCCC(=O)N2CCN(C(=O)c3ccc(F)cc3)CC2)c1. The first kappa shape index (κ1) is 19.9. The standard InChI is InChI=1S/C22H25FN2O3/c1-17-4-2-5-20(16-17)28-15-3-6-21(26)24-11-13-25(14-12-24)22(27)18-7-9-19(23)10-8-18/h2,4-5,7-10,16H,3,6,11-15H2,1H3. The first-order valence-electron chi connectivity index (χ1n) is 9.55. The van der Waals surface area contributed by atoms with Crippen molar-refractivity contribution in [3.63, 3.8) is 0 Å². The van der Waals surface area contributed by atoms with Gasteiger partial charge in [0.2, 0.25) is 5.91 Å². The van der Waals surface area contributed by atoms with Crippen LogP contribution in [0.15, 0.2) is 48.5 Å². The van der Waals surface area contributed by atoms with Crippen molar-refractivity contribution in [1.29, 1.82) is 0 Å². The molecule has 0 N–H and O–H groups in total. The predicted octanol–water partition coefficient (Wildman–Crippen LogP) is 3.28. The Bertz CT molecular complexity index is 815. The fourth-order valence-electron chi connectivity index (χ4n) is 3.21. The van der Waals surface area contributed by atoms with Crippen LogP contribution in [0.1, 0.15) is 28.8 Å². The predicted molar refractivity (Wildman–Crippen MR) is 105 cm³/mol. The molecule has 0 aliphatic carbocycles. The van der Waals surface area contributed by atoms with E-state index in [4.69, 9.17) is 4.74 Å². The molecule has 1 aliphatic heterocycles. The van der Waals surface area contributed by atoms with Crippen LogP contribution in [0.2, 0.25) is 0 Å². The number of hydrogen-bond acceptors (Lipinski definition) is 3.